The van der Waals surface area contributed by atoms with Crippen LogP contribution in [0.2, 0.25) is 0 Å². The van der Waals surface area contributed by atoms with Crippen molar-refractivity contribution >= 4 is 22.9 Å². The highest BCUT2D eigenvalue weighted by molar-refractivity contribution is 7.09. The van der Waals surface area contributed by atoms with E-state index < -0.39 is 0 Å². The number of benzene rings is 1. The highest BCUT2D eigenvalue weighted by Gasteiger charge is 2.43. The molecule has 0 N–H and O–H groups in total. The van der Waals surface area contributed by atoms with Gasteiger partial charge in [-0.1, -0.05) is 23.8 Å². The van der Waals surface area contributed by atoms with Gasteiger partial charge in [0.25, 0.3) is 0 Å². The number of anilines is 1. The first-order chi connectivity index (χ1) is 11.6. The lowest BCUT2D eigenvalue weighted by Gasteiger charge is -2.36. The largest absolute Gasteiger partial charge is 0.308 e. The summed E-state index contributed by atoms with van der Waals surface area (Å²) in [6.07, 6.45) is 2.53. The molecule has 2 aliphatic heterocycles. The Morgan fingerprint density at radius 2 is 2.21 bits per heavy atom. The number of likely N-dealkylation sites (N-methyl/N-ethyl adjacent to an activating group) is 1. The number of aryl methyl sites for hydroxylation is 2. The predicted octanol–water partition coefficient (Wildman–Crippen LogP) is 3.82. The highest BCUT2D eigenvalue weighted by Crippen LogP contribution is 2.45. The maximum Gasteiger partial charge on any atom is 0.227 e. The fourth-order valence-corrected chi connectivity index (χ4v) is 4.92. The van der Waals surface area contributed by atoms with Crippen LogP contribution in [0.3, 0.4) is 0 Å². The van der Waals surface area contributed by atoms with Crippen LogP contribution in [0.4, 0.5) is 5.69 Å². The van der Waals surface area contributed by atoms with Gasteiger partial charge in [-0.05, 0) is 56.4 Å². The van der Waals surface area contributed by atoms with E-state index >= 15 is 0 Å². The zero-order valence-corrected chi connectivity index (χ0v) is 15.2. The van der Waals surface area contributed by atoms with E-state index in [0.717, 1.165) is 31.6 Å². The zero-order chi connectivity index (χ0) is 16.7. The maximum absolute atomic E-state index is 13.0. The van der Waals surface area contributed by atoms with Crippen molar-refractivity contribution in [2.75, 3.05) is 25.0 Å². The molecule has 0 spiro atoms. The number of hydrogen-bond donors (Lipinski definition) is 0. The molecule has 4 rings (SSSR count). The minimum atomic E-state index is 0.283. The lowest BCUT2D eigenvalue weighted by atomic mass is 9.89. The van der Waals surface area contributed by atoms with Crippen LogP contribution >= 0.6 is 11.3 Å². The van der Waals surface area contributed by atoms with Crippen molar-refractivity contribution in [1.29, 1.82) is 0 Å². The molecule has 3 nitrogen and oxygen atoms in total. The Morgan fingerprint density at radius 1 is 1.33 bits per heavy atom. The summed E-state index contributed by atoms with van der Waals surface area (Å²) in [6.45, 7) is 4.27. The second kappa shape index (κ2) is 6.34. The van der Waals surface area contributed by atoms with Crippen LogP contribution in [-0.2, 0) is 11.2 Å². The van der Waals surface area contributed by atoms with E-state index in [4.69, 9.17) is 0 Å². The Bertz CT molecular complexity index is 740. The molecule has 1 aromatic carbocycles. The van der Waals surface area contributed by atoms with E-state index in [9.17, 15) is 4.79 Å². The van der Waals surface area contributed by atoms with E-state index in [2.05, 4.69) is 59.5 Å². The van der Waals surface area contributed by atoms with Gasteiger partial charge in [0.15, 0.2) is 0 Å². The van der Waals surface area contributed by atoms with Gasteiger partial charge in [0.05, 0.1) is 0 Å². The number of thiophene rings is 1. The van der Waals surface area contributed by atoms with Crippen molar-refractivity contribution in [3.8, 4) is 0 Å². The highest BCUT2D eigenvalue weighted by atomic mass is 32.1. The molecule has 1 fully saturated rings. The van der Waals surface area contributed by atoms with Crippen LogP contribution in [0.1, 0.15) is 34.8 Å². The molecule has 0 radical (unpaired) electrons. The number of carbonyl (C=O) groups is 1. The molecule has 1 amide bonds. The average molecular weight is 340 g/mol. The summed E-state index contributed by atoms with van der Waals surface area (Å²) in [5.41, 5.74) is 3.81. The van der Waals surface area contributed by atoms with Crippen LogP contribution in [-0.4, -0.2) is 37.0 Å². The van der Waals surface area contributed by atoms with Crippen molar-refractivity contribution < 1.29 is 4.79 Å². The van der Waals surface area contributed by atoms with E-state index in [1.165, 1.54) is 16.0 Å². The van der Waals surface area contributed by atoms with E-state index in [0.29, 0.717) is 18.4 Å². The second-order valence-electron chi connectivity index (χ2n) is 7.13. The molecule has 3 heterocycles. The van der Waals surface area contributed by atoms with E-state index in [1.54, 1.807) is 11.3 Å². The van der Waals surface area contributed by atoms with Crippen molar-refractivity contribution in [3.05, 3.63) is 51.7 Å². The second-order valence-corrected chi connectivity index (χ2v) is 8.16. The number of rotatable bonds is 3. The third-order valence-electron chi connectivity index (χ3n) is 5.39. The van der Waals surface area contributed by atoms with Crippen molar-refractivity contribution in [1.82, 2.24) is 4.90 Å². The molecule has 126 valence electrons. The zero-order valence-electron chi connectivity index (χ0n) is 14.4. The first-order valence-corrected chi connectivity index (χ1v) is 9.65. The first-order valence-electron chi connectivity index (χ1n) is 8.77. The molecular weight excluding hydrogens is 316 g/mol. The lowest BCUT2D eigenvalue weighted by molar-refractivity contribution is -0.119. The van der Waals surface area contributed by atoms with Gasteiger partial charge in [-0.25, -0.2) is 0 Å². The number of nitrogens with zero attached hydrogens (tertiary/aromatic N) is 2. The van der Waals surface area contributed by atoms with Gasteiger partial charge in [-0.2, -0.15) is 0 Å². The van der Waals surface area contributed by atoms with Gasteiger partial charge >= 0.3 is 0 Å². The first kappa shape index (κ1) is 15.9. The molecular formula is C20H24N2OS. The van der Waals surface area contributed by atoms with Gasteiger partial charge in [-0.3, -0.25) is 4.79 Å². The van der Waals surface area contributed by atoms with Crippen LogP contribution in [0, 0.1) is 6.92 Å². The Morgan fingerprint density at radius 3 is 3.00 bits per heavy atom. The summed E-state index contributed by atoms with van der Waals surface area (Å²) < 4.78 is 0. The summed E-state index contributed by atoms with van der Waals surface area (Å²) in [5.74, 6) is 0.745. The summed E-state index contributed by atoms with van der Waals surface area (Å²) >= 11 is 1.74. The molecule has 2 aromatic rings. The Balaban J connectivity index is 1.61. The maximum atomic E-state index is 13.0. The van der Waals surface area contributed by atoms with E-state index in [-0.39, 0.29) is 5.91 Å². The van der Waals surface area contributed by atoms with Gasteiger partial charge in [0.2, 0.25) is 5.91 Å². The molecule has 0 saturated carbocycles. The predicted molar refractivity (Wildman–Crippen MR) is 99.9 cm³/mol. The van der Waals surface area contributed by atoms with Crippen molar-refractivity contribution in [3.63, 3.8) is 0 Å². The quantitative estimate of drug-likeness (QED) is 0.848. The number of carbonyl (C=O) groups excluding carboxylic acids is 1. The van der Waals surface area contributed by atoms with E-state index in [1.807, 2.05) is 0 Å². The van der Waals surface area contributed by atoms with Crippen molar-refractivity contribution in [2.45, 2.75) is 38.1 Å². The minimum Gasteiger partial charge on any atom is -0.308 e. The summed E-state index contributed by atoms with van der Waals surface area (Å²) in [7, 11) is 2.19. The molecule has 1 saturated heterocycles. The third-order valence-corrected chi connectivity index (χ3v) is 6.32. The molecule has 0 bridgehead atoms. The third kappa shape index (κ3) is 2.78. The van der Waals surface area contributed by atoms with Gasteiger partial charge < -0.3 is 9.80 Å². The van der Waals surface area contributed by atoms with Gasteiger partial charge in [-0.15, -0.1) is 11.3 Å². The topological polar surface area (TPSA) is 23.6 Å². The summed E-state index contributed by atoms with van der Waals surface area (Å²) in [5, 5.41) is 2.08. The van der Waals surface area contributed by atoms with Crippen LogP contribution in [0.25, 0.3) is 0 Å². The van der Waals surface area contributed by atoms with Gasteiger partial charge in [0.1, 0.15) is 0 Å². The van der Waals surface area contributed by atoms with Gasteiger partial charge in [0, 0.05) is 35.5 Å². The fourth-order valence-electron chi connectivity index (χ4n) is 4.21. The molecule has 2 atom stereocenters. The van der Waals surface area contributed by atoms with Crippen LogP contribution < -0.4 is 4.90 Å². The van der Waals surface area contributed by atoms with Crippen LogP contribution in [0.5, 0.6) is 0 Å². The Hall–Kier alpha value is -1.65. The summed E-state index contributed by atoms with van der Waals surface area (Å²) in [6, 6.07) is 11.1. The molecule has 0 aliphatic carbocycles. The molecule has 24 heavy (non-hydrogen) atoms. The Labute approximate surface area is 147 Å². The fraction of sp³-hybridized carbons (Fsp3) is 0.450. The minimum absolute atomic E-state index is 0.283. The number of amides is 1. The lowest BCUT2D eigenvalue weighted by Crippen LogP contribution is -2.47. The number of fused-ring (bicyclic) bond motifs is 3. The normalized spacial score (nSPS) is 23.2. The number of likely N-dealkylation sites (tertiary alicyclic amines) is 1. The summed E-state index contributed by atoms with van der Waals surface area (Å²) in [4.78, 5) is 18.9. The molecule has 4 heteroatoms. The number of piperidine rings is 1. The molecule has 1 aromatic heterocycles. The van der Waals surface area contributed by atoms with Crippen LogP contribution in [0.15, 0.2) is 35.7 Å². The molecule has 2 aliphatic rings. The number of hydrogen-bond acceptors (Lipinski definition) is 3. The monoisotopic (exact) mass is 340 g/mol. The smallest absolute Gasteiger partial charge is 0.227 e. The standard InChI is InChI=1S/C20H24N2OS/c1-14-5-7-18-16(12-14)17-13-21(2)10-9-19(17)22(18)20(23)8-6-15-4-3-11-24-15/h3-5,7,11-12,17,19H,6,8-10,13H2,1-2H3/t17-,19+/m1/s1. The molecule has 0 unspecified atom stereocenters. The SMILES string of the molecule is Cc1ccc2c(c1)[C@H]1CN(C)CC[C@@H]1N2C(=O)CCc1cccs1. The van der Waals surface area contributed by atoms with Crippen molar-refractivity contribution in [2.24, 2.45) is 0 Å². The Kier molecular flexibility index (Phi) is 4.19. The average Bonchev–Trinajstić information content (AvgIpc) is 3.18.